The molecule has 3 aromatic rings. The van der Waals surface area contributed by atoms with Gasteiger partial charge in [0.1, 0.15) is 11.5 Å². The van der Waals surface area contributed by atoms with Gasteiger partial charge in [-0.15, -0.1) is 11.8 Å². The third-order valence-electron chi connectivity index (χ3n) is 4.68. The lowest BCUT2D eigenvalue weighted by Crippen LogP contribution is -2.12. The molecule has 0 fully saturated rings. The summed E-state index contributed by atoms with van der Waals surface area (Å²) >= 11 is 1.80. The highest BCUT2D eigenvalue weighted by atomic mass is 32.2. The van der Waals surface area contributed by atoms with Gasteiger partial charge in [0.05, 0.1) is 4.90 Å². The van der Waals surface area contributed by atoms with Crippen LogP contribution in [0.1, 0.15) is 42.1 Å². The highest BCUT2D eigenvalue weighted by Gasteiger charge is 2.19. The van der Waals surface area contributed by atoms with Crippen molar-refractivity contribution in [2.24, 2.45) is 0 Å². The van der Waals surface area contributed by atoms with Crippen LogP contribution in [0.4, 0.5) is 5.69 Å². The van der Waals surface area contributed by atoms with Gasteiger partial charge in [0, 0.05) is 15.8 Å². The summed E-state index contributed by atoms with van der Waals surface area (Å²) in [6.45, 7) is 6.28. The number of carbonyl (C=O) groups is 1. The smallest absolute Gasteiger partial charge is 0.291 e. The minimum atomic E-state index is -3.54. The molecule has 5 nitrogen and oxygen atoms in total. The first kappa shape index (κ1) is 22.2. The molecule has 3 rings (SSSR count). The lowest BCUT2D eigenvalue weighted by molar-refractivity contribution is 0.0995. The van der Waals surface area contributed by atoms with Gasteiger partial charge in [0.2, 0.25) is 0 Å². The number of sulfone groups is 1. The van der Waals surface area contributed by atoms with Crippen molar-refractivity contribution in [2.75, 3.05) is 5.32 Å². The molecule has 2 aromatic carbocycles. The second kappa shape index (κ2) is 9.53. The second-order valence-corrected chi connectivity index (χ2v) is 10.6. The highest BCUT2D eigenvalue weighted by Crippen LogP contribution is 2.29. The minimum Gasteiger partial charge on any atom is -0.455 e. The Bertz CT molecular complexity index is 1120. The molecule has 1 atom stereocenters. The predicted octanol–water partition coefficient (Wildman–Crippen LogP) is 5.70. The number of amides is 1. The molecule has 0 bridgehead atoms. The average molecular weight is 444 g/mol. The molecule has 0 aliphatic carbocycles. The topological polar surface area (TPSA) is 76.4 Å². The van der Waals surface area contributed by atoms with Gasteiger partial charge >= 0.3 is 0 Å². The van der Waals surface area contributed by atoms with E-state index < -0.39 is 15.7 Å². The lowest BCUT2D eigenvalue weighted by Gasteiger charge is -2.12. The summed E-state index contributed by atoms with van der Waals surface area (Å²) in [6, 6.07) is 17.1. The van der Waals surface area contributed by atoms with E-state index in [9.17, 15) is 13.2 Å². The summed E-state index contributed by atoms with van der Waals surface area (Å²) in [5.74, 6) is -0.416. The van der Waals surface area contributed by atoms with Gasteiger partial charge in [-0.1, -0.05) is 32.0 Å². The van der Waals surface area contributed by atoms with Crippen molar-refractivity contribution in [1.29, 1.82) is 0 Å². The van der Waals surface area contributed by atoms with Crippen LogP contribution in [0.3, 0.4) is 0 Å². The maximum atomic E-state index is 12.6. The zero-order valence-electron chi connectivity index (χ0n) is 17.2. The van der Waals surface area contributed by atoms with Gasteiger partial charge in [-0.25, -0.2) is 8.42 Å². The summed E-state index contributed by atoms with van der Waals surface area (Å²) in [6.07, 6.45) is 1.09. The Morgan fingerprint density at radius 3 is 2.50 bits per heavy atom. The van der Waals surface area contributed by atoms with Gasteiger partial charge in [-0.3, -0.25) is 4.79 Å². The molecule has 7 heteroatoms. The fraction of sp³-hybridized carbons (Fsp3) is 0.261. The number of furan rings is 1. The summed E-state index contributed by atoms with van der Waals surface area (Å²) < 4.78 is 30.5. The van der Waals surface area contributed by atoms with E-state index in [1.807, 2.05) is 25.1 Å². The van der Waals surface area contributed by atoms with Crippen LogP contribution in [0.2, 0.25) is 0 Å². The summed E-state index contributed by atoms with van der Waals surface area (Å²) in [7, 11) is -3.54. The van der Waals surface area contributed by atoms with E-state index in [4.69, 9.17) is 4.42 Å². The van der Waals surface area contributed by atoms with Crippen LogP contribution in [-0.4, -0.2) is 19.6 Å². The van der Waals surface area contributed by atoms with Crippen molar-refractivity contribution < 1.29 is 17.6 Å². The van der Waals surface area contributed by atoms with E-state index in [0.29, 0.717) is 10.9 Å². The fourth-order valence-corrected chi connectivity index (χ4v) is 5.12. The monoisotopic (exact) mass is 443 g/mol. The summed E-state index contributed by atoms with van der Waals surface area (Å²) in [5.41, 5.74) is 1.65. The van der Waals surface area contributed by atoms with Crippen LogP contribution in [0, 0.1) is 6.92 Å². The quantitative estimate of drug-likeness (QED) is 0.452. The molecule has 1 aromatic heterocycles. The van der Waals surface area contributed by atoms with E-state index in [2.05, 4.69) is 19.2 Å². The molecule has 1 unspecified atom stereocenters. The van der Waals surface area contributed by atoms with Crippen molar-refractivity contribution in [2.45, 2.75) is 48.0 Å². The Balaban J connectivity index is 1.68. The average Bonchev–Trinajstić information content (AvgIpc) is 3.18. The molecular formula is C23H25NO4S2. The van der Waals surface area contributed by atoms with Crippen molar-refractivity contribution in [3.05, 3.63) is 77.7 Å². The van der Waals surface area contributed by atoms with Crippen LogP contribution >= 0.6 is 11.8 Å². The van der Waals surface area contributed by atoms with Crippen LogP contribution in [0.15, 0.2) is 74.9 Å². The Hall–Kier alpha value is -2.51. The van der Waals surface area contributed by atoms with Gasteiger partial charge in [-0.2, -0.15) is 0 Å². The number of thioether (sulfide) groups is 1. The van der Waals surface area contributed by atoms with Gasteiger partial charge in [0.25, 0.3) is 5.91 Å². The molecule has 158 valence electrons. The normalized spacial score (nSPS) is 12.5. The standard InChI is InChI=1S/C23H25NO4S2/c1-4-17(3)29-19-11-12-21(16(2)14-19)24-23(25)22-13-10-18(28-22)15-30(26,27)20-8-6-5-7-9-20/h5-14,17H,4,15H2,1-3H3,(H,24,25). The fourth-order valence-electron chi connectivity index (χ4n) is 2.83. The summed E-state index contributed by atoms with van der Waals surface area (Å²) in [5, 5.41) is 3.36. The predicted molar refractivity (Wildman–Crippen MR) is 121 cm³/mol. The van der Waals surface area contributed by atoms with Crippen molar-refractivity contribution in [1.82, 2.24) is 0 Å². The van der Waals surface area contributed by atoms with Crippen molar-refractivity contribution in [3.63, 3.8) is 0 Å². The van der Waals surface area contributed by atoms with Crippen LogP contribution in [-0.2, 0) is 15.6 Å². The number of anilines is 1. The zero-order chi connectivity index (χ0) is 21.7. The van der Waals surface area contributed by atoms with Crippen LogP contribution in [0.5, 0.6) is 0 Å². The molecule has 0 aliphatic heterocycles. The molecule has 0 saturated heterocycles. The maximum absolute atomic E-state index is 12.6. The Morgan fingerprint density at radius 1 is 1.10 bits per heavy atom. The Kier molecular flexibility index (Phi) is 7.05. The Labute approximate surface area is 181 Å². The zero-order valence-corrected chi connectivity index (χ0v) is 18.8. The second-order valence-electron chi connectivity index (χ2n) is 7.11. The number of hydrogen-bond donors (Lipinski definition) is 1. The number of carbonyl (C=O) groups excluding carboxylic acids is 1. The number of benzene rings is 2. The van der Waals surface area contributed by atoms with E-state index >= 15 is 0 Å². The molecule has 0 radical (unpaired) electrons. The van der Waals surface area contributed by atoms with E-state index in [0.717, 1.165) is 16.9 Å². The molecule has 0 spiro atoms. The maximum Gasteiger partial charge on any atom is 0.291 e. The SMILES string of the molecule is CCC(C)Sc1ccc(NC(=O)c2ccc(CS(=O)(=O)c3ccccc3)o2)c(C)c1. The van der Waals surface area contributed by atoms with E-state index in [-0.39, 0.29) is 22.2 Å². The van der Waals surface area contributed by atoms with Gasteiger partial charge < -0.3 is 9.73 Å². The number of nitrogens with one attached hydrogen (secondary N) is 1. The van der Waals surface area contributed by atoms with E-state index in [1.54, 1.807) is 30.0 Å². The van der Waals surface area contributed by atoms with Gasteiger partial charge in [-0.05, 0) is 61.4 Å². The molecule has 0 aliphatic rings. The Morgan fingerprint density at radius 2 is 1.83 bits per heavy atom. The molecule has 1 amide bonds. The first-order valence-corrected chi connectivity index (χ1v) is 12.3. The van der Waals surface area contributed by atoms with E-state index in [1.165, 1.54) is 24.3 Å². The number of hydrogen-bond acceptors (Lipinski definition) is 5. The number of aryl methyl sites for hydroxylation is 1. The van der Waals surface area contributed by atoms with Crippen molar-refractivity contribution >= 4 is 33.2 Å². The van der Waals surface area contributed by atoms with Crippen molar-refractivity contribution in [3.8, 4) is 0 Å². The number of rotatable bonds is 8. The molecule has 1 N–H and O–H groups in total. The lowest BCUT2D eigenvalue weighted by atomic mass is 10.2. The van der Waals surface area contributed by atoms with Crippen LogP contribution in [0.25, 0.3) is 0 Å². The highest BCUT2D eigenvalue weighted by molar-refractivity contribution is 8.00. The van der Waals surface area contributed by atoms with Crippen LogP contribution < -0.4 is 5.32 Å². The first-order valence-electron chi connectivity index (χ1n) is 9.73. The molecular weight excluding hydrogens is 418 g/mol. The molecule has 30 heavy (non-hydrogen) atoms. The third kappa shape index (κ3) is 5.55. The summed E-state index contributed by atoms with van der Waals surface area (Å²) in [4.78, 5) is 13.9. The molecule has 0 saturated carbocycles. The minimum absolute atomic E-state index is 0.0747. The largest absolute Gasteiger partial charge is 0.455 e. The molecule has 1 heterocycles. The third-order valence-corrected chi connectivity index (χ3v) is 7.60. The first-order chi connectivity index (χ1) is 14.3. The van der Waals surface area contributed by atoms with Gasteiger partial charge in [0.15, 0.2) is 15.6 Å².